The zero-order valence-corrected chi connectivity index (χ0v) is 12.3. The van der Waals surface area contributed by atoms with Gasteiger partial charge in [0.1, 0.15) is 0 Å². The molecule has 2 aromatic rings. The Morgan fingerprint density at radius 2 is 2.28 bits per heavy atom. The number of aromatic nitrogens is 1. The summed E-state index contributed by atoms with van der Waals surface area (Å²) in [5.41, 5.74) is 2.37. The quantitative estimate of drug-likeness (QED) is 0.873. The Kier molecular flexibility index (Phi) is 3.98. The fourth-order valence-corrected chi connectivity index (χ4v) is 2.42. The van der Waals surface area contributed by atoms with Gasteiger partial charge in [0.15, 0.2) is 10.8 Å². The lowest BCUT2D eigenvalue weighted by molar-refractivity contribution is 0.0595. The minimum Gasteiger partial charge on any atom is -0.464 e. The molecule has 1 heterocycles. The number of carbonyl (C=O) groups excluding carboxylic acids is 1. The Hall–Kier alpha value is -1.40. The number of nitrogens with one attached hydrogen (secondary N) is 1. The van der Waals surface area contributed by atoms with E-state index >= 15 is 0 Å². The molecule has 0 fully saturated rings. The molecule has 18 heavy (non-hydrogen) atoms. The van der Waals surface area contributed by atoms with E-state index in [1.54, 1.807) is 5.38 Å². The third kappa shape index (κ3) is 2.88. The number of carbonyl (C=O) groups is 1. The topological polar surface area (TPSA) is 51.2 Å². The lowest BCUT2D eigenvalue weighted by atomic mass is 10.2. The van der Waals surface area contributed by atoms with Gasteiger partial charge >= 0.3 is 5.97 Å². The average molecular weight is 327 g/mol. The summed E-state index contributed by atoms with van der Waals surface area (Å²) in [6.45, 7) is 2.01. The van der Waals surface area contributed by atoms with Crippen molar-refractivity contribution in [1.82, 2.24) is 4.98 Å². The molecule has 0 radical (unpaired) electrons. The maximum atomic E-state index is 11.3. The number of thiazole rings is 1. The Bertz CT molecular complexity index is 583. The molecule has 0 saturated carbocycles. The van der Waals surface area contributed by atoms with Crippen LogP contribution in [0.5, 0.6) is 0 Å². The van der Waals surface area contributed by atoms with Crippen molar-refractivity contribution < 1.29 is 9.53 Å². The lowest BCUT2D eigenvalue weighted by Crippen LogP contribution is -2.01. The highest BCUT2D eigenvalue weighted by molar-refractivity contribution is 9.10. The smallest absolute Gasteiger partial charge is 0.357 e. The van der Waals surface area contributed by atoms with Gasteiger partial charge in [-0.1, -0.05) is 6.07 Å². The van der Waals surface area contributed by atoms with Crippen LogP contribution in [-0.4, -0.2) is 18.1 Å². The predicted octanol–water partition coefficient (Wildman–Crippen LogP) is 3.74. The molecule has 94 valence electrons. The summed E-state index contributed by atoms with van der Waals surface area (Å²) in [5, 5.41) is 5.48. The number of aryl methyl sites for hydroxylation is 1. The minimum absolute atomic E-state index is 0.314. The molecule has 0 aliphatic carbocycles. The van der Waals surface area contributed by atoms with E-state index < -0.39 is 5.97 Å². The number of esters is 1. The fourth-order valence-electron chi connectivity index (χ4n) is 1.38. The number of benzene rings is 1. The van der Waals surface area contributed by atoms with Gasteiger partial charge in [-0.2, -0.15) is 0 Å². The van der Waals surface area contributed by atoms with Crippen LogP contribution < -0.4 is 5.32 Å². The molecule has 1 aromatic heterocycles. The number of halogens is 1. The van der Waals surface area contributed by atoms with Crippen molar-refractivity contribution in [2.75, 3.05) is 12.4 Å². The van der Waals surface area contributed by atoms with Gasteiger partial charge < -0.3 is 10.1 Å². The number of nitrogens with zero attached hydrogens (tertiary/aromatic N) is 1. The lowest BCUT2D eigenvalue weighted by Gasteiger charge is -2.06. The van der Waals surface area contributed by atoms with E-state index in [4.69, 9.17) is 0 Å². The molecule has 0 aliphatic heterocycles. The molecule has 0 saturated heterocycles. The van der Waals surface area contributed by atoms with Gasteiger partial charge in [-0.25, -0.2) is 9.78 Å². The van der Waals surface area contributed by atoms with Crippen LogP contribution in [0, 0.1) is 6.92 Å². The Balaban J connectivity index is 2.21. The standard InChI is InChI=1S/C12H11BrN2O2S/c1-7-3-4-8(13)9(5-7)14-12-15-10(6-18-12)11(16)17-2/h3-6H,1-2H3,(H,14,15). The van der Waals surface area contributed by atoms with E-state index in [1.807, 2.05) is 25.1 Å². The summed E-state index contributed by atoms with van der Waals surface area (Å²) in [6.07, 6.45) is 0. The molecule has 0 atom stereocenters. The number of hydrogen-bond donors (Lipinski definition) is 1. The second kappa shape index (κ2) is 5.49. The fraction of sp³-hybridized carbons (Fsp3) is 0.167. The first-order valence-corrected chi connectivity index (χ1v) is 6.84. The third-order valence-electron chi connectivity index (χ3n) is 2.26. The van der Waals surface area contributed by atoms with Crippen LogP contribution >= 0.6 is 27.3 Å². The Morgan fingerprint density at radius 3 is 3.00 bits per heavy atom. The molecule has 0 spiro atoms. The second-order valence-corrected chi connectivity index (χ2v) is 5.35. The van der Waals surface area contributed by atoms with Crippen molar-refractivity contribution in [3.05, 3.63) is 39.3 Å². The summed E-state index contributed by atoms with van der Waals surface area (Å²) in [6, 6.07) is 5.98. The number of hydrogen-bond acceptors (Lipinski definition) is 5. The largest absolute Gasteiger partial charge is 0.464 e. The number of methoxy groups -OCH3 is 1. The highest BCUT2D eigenvalue weighted by atomic mass is 79.9. The molecule has 4 nitrogen and oxygen atoms in total. The van der Waals surface area contributed by atoms with Gasteiger partial charge in [0, 0.05) is 9.85 Å². The molecular weight excluding hydrogens is 316 g/mol. The summed E-state index contributed by atoms with van der Waals surface area (Å²) in [5.74, 6) is -0.428. The van der Waals surface area contributed by atoms with E-state index in [2.05, 4.69) is 31.0 Å². The van der Waals surface area contributed by atoms with Crippen molar-refractivity contribution in [1.29, 1.82) is 0 Å². The molecule has 6 heteroatoms. The van der Waals surface area contributed by atoms with Gasteiger partial charge in [0.25, 0.3) is 0 Å². The first kappa shape index (κ1) is 13.0. The van der Waals surface area contributed by atoms with Crippen LogP contribution in [0.15, 0.2) is 28.1 Å². The van der Waals surface area contributed by atoms with Gasteiger partial charge in [0.05, 0.1) is 12.8 Å². The van der Waals surface area contributed by atoms with Crippen molar-refractivity contribution in [2.45, 2.75) is 6.92 Å². The van der Waals surface area contributed by atoms with E-state index in [9.17, 15) is 4.79 Å². The van der Waals surface area contributed by atoms with Gasteiger partial charge in [-0.15, -0.1) is 11.3 Å². The zero-order chi connectivity index (χ0) is 13.1. The first-order chi connectivity index (χ1) is 8.60. The predicted molar refractivity (Wildman–Crippen MR) is 75.6 cm³/mol. The molecule has 0 amide bonds. The van der Waals surface area contributed by atoms with E-state index in [0.29, 0.717) is 10.8 Å². The Morgan fingerprint density at radius 1 is 1.50 bits per heavy atom. The highest BCUT2D eigenvalue weighted by Gasteiger charge is 2.11. The maximum Gasteiger partial charge on any atom is 0.357 e. The van der Waals surface area contributed by atoms with E-state index in [-0.39, 0.29) is 0 Å². The van der Waals surface area contributed by atoms with Crippen LogP contribution in [0.3, 0.4) is 0 Å². The van der Waals surface area contributed by atoms with Crippen molar-refractivity contribution in [3.8, 4) is 0 Å². The highest BCUT2D eigenvalue weighted by Crippen LogP contribution is 2.28. The summed E-state index contributed by atoms with van der Waals surface area (Å²) in [4.78, 5) is 15.4. The summed E-state index contributed by atoms with van der Waals surface area (Å²) in [7, 11) is 1.34. The maximum absolute atomic E-state index is 11.3. The molecule has 1 aromatic carbocycles. The van der Waals surface area contributed by atoms with Gasteiger partial charge in [-0.3, -0.25) is 0 Å². The molecular formula is C12H11BrN2O2S. The number of ether oxygens (including phenoxy) is 1. The second-order valence-electron chi connectivity index (χ2n) is 3.64. The number of anilines is 2. The van der Waals surface area contributed by atoms with Crippen LogP contribution in [0.4, 0.5) is 10.8 Å². The summed E-state index contributed by atoms with van der Waals surface area (Å²) >= 11 is 4.82. The van der Waals surface area contributed by atoms with Crippen LogP contribution in [0.1, 0.15) is 16.1 Å². The van der Waals surface area contributed by atoms with Gasteiger partial charge in [-0.05, 0) is 40.5 Å². The van der Waals surface area contributed by atoms with Crippen LogP contribution in [-0.2, 0) is 4.74 Å². The van der Waals surface area contributed by atoms with Crippen LogP contribution in [0.25, 0.3) is 0 Å². The molecule has 0 unspecified atom stereocenters. The third-order valence-corrected chi connectivity index (χ3v) is 3.71. The molecule has 1 N–H and O–H groups in total. The zero-order valence-electron chi connectivity index (χ0n) is 9.86. The SMILES string of the molecule is COC(=O)c1csc(Nc2cc(C)ccc2Br)n1. The molecule has 0 bridgehead atoms. The van der Waals surface area contributed by atoms with Crippen LogP contribution in [0.2, 0.25) is 0 Å². The monoisotopic (exact) mass is 326 g/mol. The first-order valence-electron chi connectivity index (χ1n) is 5.17. The molecule has 0 aliphatic rings. The van der Waals surface area contributed by atoms with E-state index in [1.165, 1.54) is 18.4 Å². The summed E-state index contributed by atoms with van der Waals surface area (Å²) < 4.78 is 5.56. The van der Waals surface area contributed by atoms with E-state index in [0.717, 1.165) is 15.7 Å². The van der Waals surface area contributed by atoms with Gasteiger partial charge in [0.2, 0.25) is 0 Å². The normalized spacial score (nSPS) is 10.2. The number of rotatable bonds is 3. The Labute approximate surface area is 117 Å². The van der Waals surface area contributed by atoms with Crippen molar-refractivity contribution in [3.63, 3.8) is 0 Å². The minimum atomic E-state index is -0.428. The average Bonchev–Trinajstić information content (AvgIpc) is 2.81. The van der Waals surface area contributed by atoms with Crippen molar-refractivity contribution in [2.24, 2.45) is 0 Å². The molecule has 2 rings (SSSR count). The van der Waals surface area contributed by atoms with Crippen molar-refractivity contribution >= 4 is 44.1 Å².